The van der Waals surface area contributed by atoms with Crippen molar-refractivity contribution in [2.45, 2.75) is 25.7 Å². The fraction of sp³-hybridized carbons (Fsp3) is 0.263. The van der Waals surface area contributed by atoms with Crippen LogP contribution in [0.3, 0.4) is 0 Å². The number of ketones is 1. The summed E-state index contributed by atoms with van der Waals surface area (Å²) in [4.78, 5) is 23.4. The molecule has 0 amide bonds. The van der Waals surface area contributed by atoms with Crippen molar-refractivity contribution in [3.05, 3.63) is 71.8 Å². The van der Waals surface area contributed by atoms with Crippen molar-refractivity contribution < 1.29 is 14.7 Å². The van der Waals surface area contributed by atoms with E-state index in [9.17, 15) is 14.7 Å². The summed E-state index contributed by atoms with van der Waals surface area (Å²) in [5.41, 5.74) is 2.05. The summed E-state index contributed by atoms with van der Waals surface area (Å²) >= 11 is 0. The van der Waals surface area contributed by atoms with Crippen molar-refractivity contribution in [1.82, 2.24) is 0 Å². The minimum Gasteiger partial charge on any atom is -0.481 e. The second-order valence-corrected chi connectivity index (χ2v) is 5.45. The molecule has 2 aromatic rings. The molecular weight excluding hydrogens is 276 g/mol. The highest BCUT2D eigenvalue weighted by Gasteiger charge is 2.21. The zero-order chi connectivity index (χ0) is 15.8. The smallest absolute Gasteiger partial charge is 0.307 e. The molecule has 0 aromatic heterocycles. The molecule has 1 unspecified atom stereocenters. The Hall–Kier alpha value is -2.42. The number of Topliss-reactive ketones (excluding diaryl/α,β-unsaturated/α-hetero) is 1. The molecule has 0 aliphatic rings. The summed E-state index contributed by atoms with van der Waals surface area (Å²) in [6.45, 7) is 0. The Morgan fingerprint density at radius 2 is 1.41 bits per heavy atom. The first-order valence-corrected chi connectivity index (χ1v) is 7.47. The summed E-state index contributed by atoms with van der Waals surface area (Å²) in [5.74, 6) is -1.55. The minimum absolute atomic E-state index is 0.00665. The minimum atomic E-state index is -0.906. The van der Waals surface area contributed by atoms with Crippen LogP contribution in [-0.2, 0) is 22.4 Å². The molecule has 114 valence electrons. The monoisotopic (exact) mass is 296 g/mol. The first kappa shape index (κ1) is 16.0. The molecule has 0 radical (unpaired) electrons. The van der Waals surface area contributed by atoms with E-state index in [1.165, 1.54) is 0 Å². The van der Waals surface area contributed by atoms with Gasteiger partial charge in [0.15, 0.2) is 0 Å². The third-order valence-electron chi connectivity index (χ3n) is 3.68. The summed E-state index contributed by atoms with van der Waals surface area (Å²) < 4.78 is 0. The summed E-state index contributed by atoms with van der Waals surface area (Å²) in [6, 6.07) is 19.2. The van der Waals surface area contributed by atoms with Gasteiger partial charge in [-0.3, -0.25) is 9.59 Å². The maximum Gasteiger partial charge on any atom is 0.307 e. The highest BCUT2D eigenvalue weighted by molar-refractivity contribution is 5.84. The van der Waals surface area contributed by atoms with Gasteiger partial charge in [-0.1, -0.05) is 60.7 Å². The summed E-state index contributed by atoms with van der Waals surface area (Å²) in [5, 5.41) is 9.32. The molecule has 0 heterocycles. The average molecular weight is 296 g/mol. The van der Waals surface area contributed by atoms with Crippen LogP contribution in [0.4, 0.5) is 0 Å². The number of carboxylic acids is 1. The van der Waals surface area contributed by atoms with E-state index in [0.717, 1.165) is 11.1 Å². The van der Waals surface area contributed by atoms with Crippen LogP contribution in [0.25, 0.3) is 0 Å². The lowest BCUT2D eigenvalue weighted by Crippen LogP contribution is -2.20. The quantitative estimate of drug-likeness (QED) is 0.811. The van der Waals surface area contributed by atoms with E-state index in [2.05, 4.69) is 0 Å². The number of aryl methyl sites for hydroxylation is 1. The number of hydrogen-bond acceptors (Lipinski definition) is 2. The van der Waals surface area contributed by atoms with Gasteiger partial charge in [-0.05, 0) is 24.0 Å². The van der Waals surface area contributed by atoms with Gasteiger partial charge in [-0.2, -0.15) is 0 Å². The Labute approximate surface area is 130 Å². The van der Waals surface area contributed by atoms with E-state index in [4.69, 9.17) is 0 Å². The fourth-order valence-electron chi connectivity index (χ4n) is 2.45. The van der Waals surface area contributed by atoms with Gasteiger partial charge in [0.2, 0.25) is 0 Å². The van der Waals surface area contributed by atoms with Crippen LogP contribution in [0.1, 0.15) is 24.0 Å². The first-order chi connectivity index (χ1) is 10.6. The van der Waals surface area contributed by atoms with E-state index in [-0.39, 0.29) is 12.2 Å². The third kappa shape index (κ3) is 5.17. The highest BCUT2D eigenvalue weighted by Crippen LogP contribution is 2.15. The van der Waals surface area contributed by atoms with Crippen molar-refractivity contribution in [2.24, 2.45) is 5.92 Å². The normalized spacial score (nSPS) is 11.8. The van der Waals surface area contributed by atoms with Crippen molar-refractivity contribution in [3.8, 4) is 0 Å². The Balaban J connectivity index is 1.88. The Morgan fingerprint density at radius 3 is 1.95 bits per heavy atom. The van der Waals surface area contributed by atoms with Crippen LogP contribution in [0.15, 0.2) is 60.7 Å². The molecule has 0 fully saturated rings. The predicted molar refractivity (Wildman–Crippen MR) is 85.7 cm³/mol. The van der Waals surface area contributed by atoms with E-state index >= 15 is 0 Å². The molecule has 1 N–H and O–H groups in total. The first-order valence-electron chi connectivity index (χ1n) is 7.47. The maximum atomic E-state index is 12.1. The number of carbonyl (C=O) groups is 2. The van der Waals surface area contributed by atoms with Crippen LogP contribution >= 0.6 is 0 Å². The van der Waals surface area contributed by atoms with Gasteiger partial charge in [0.05, 0.1) is 5.92 Å². The van der Waals surface area contributed by atoms with Crippen LogP contribution in [-0.4, -0.2) is 16.9 Å². The number of benzene rings is 2. The fourth-order valence-corrected chi connectivity index (χ4v) is 2.45. The number of hydrogen-bond donors (Lipinski definition) is 1. The average Bonchev–Trinajstić information content (AvgIpc) is 2.54. The van der Waals surface area contributed by atoms with Crippen LogP contribution in [0.2, 0.25) is 0 Å². The van der Waals surface area contributed by atoms with Crippen molar-refractivity contribution >= 4 is 11.8 Å². The SMILES string of the molecule is O=C(CCc1ccccc1)CC(Cc1ccccc1)C(=O)O. The molecular formula is C19H20O3. The van der Waals surface area contributed by atoms with Gasteiger partial charge < -0.3 is 5.11 Å². The van der Waals surface area contributed by atoms with Crippen molar-refractivity contribution in [3.63, 3.8) is 0 Å². The lowest BCUT2D eigenvalue weighted by Gasteiger charge is -2.11. The van der Waals surface area contributed by atoms with E-state index in [0.29, 0.717) is 19.3 Å². The van der Waals surface area contributed by atoms with Crippen LogP contribution in [0, 0.1) is 5.92 Å². The molecule has 3 nitrogen and oxygen atoms in total. The standard InChI is InChI=1S/C19H20O3/c20-18(12-11-15-7-3-1-4-8-15)14-17(19(21)22)13-16-9-5-2-6-10-16/h1-10,17H,11-14H2,(H,21,22). The van der Waals surface area contributed by atoms with Gasteiger partial charge in [0.1, 0.15) is 5.78 Å². The molecule has 3 heteroatoms. The largest absolute Gasteiger partial charge is 0.481 e. The molecule has 0 aliphatic carbocycles. The molecule has 0 aliphatic heterocycles. The molecule has 0 saturated heterocycles. The van der Waals surface area contributed by atoms with Gasteiger partial charge >= 0.3 is 5.97 Å². The number of carboxylic acid groups (broad SMARTS) is 1. The molecule has 2 rings (SSSR count). The lowest BCUT2D eigenvalue weighted by molar-refractivity contribution is -0.143. The van der Waals surface area contributed by atoms with Gasteiger partial charge in [0, 0.05) is 12.8 Å². The number of rotatable bonds is 8. The van der Waals surface area contributed by atoms with E-state index in [1.807, 2.05) is 60.7 Å². The van der Waals surface area contributed by atoms with Crippen molar-refractivity contribution in [1.29, 1.82) is 0 Å². The second kappa shape index (κ2) is 8.13. The Morgan fingerprint density at radius 1 is 0.864 bits per heavy atom. The molecule has 1 atom stereocenters. The molecule has 2 aromatic carbocycles. The van der Waals surface area contributed by atoms with Gasteiger partial charge in [0.25, 0.3) is 0 Å². The number of aliphatic carboxylic acids is 1. The molecule has 0 saturated carbocycles. The zero-order valence-corrected chi connectivity index (χ0v) is 12.4. The maximum absolute atomic E-state index is 12.1. The topological polar surface area (TPSA) is 54.4 Å². The summed E-state index contributed by atoms with van der Waals surface area (Å²) in [6.07, 6.45) is 1.55. The Bertz CT molecular complexity index is 605. The zero-order valence-electron chi connectivity index (χ0n) is 12.4. The molecule has 0 spiro atoms. The van der Waals surface area contributed by atoms with E-state index in [1.54, 1.807) is 0 Å². The third-order valence-corrected chi connectivity index (χ3v) is 3.68. The van der Waals surface area contributed by atoms with E-state index < -0.39 is 11.9 Å². The Kier molecular flexibility index (Phi) is 5.90. The molecule has 22 heavy (non-hydrogen) atoms. The summed E-state index contributed by atoms with van der Waals surface area (Å²) in [7, 11) is 0. The van der Waals surface area contributed by atoms with Gasteiger partial charge in [-0.25, -0.2) is 0 Å². The van der Waals surface area contributed by atoms with Crippen LogP contribution < -0.4 is 0 Å². The van der Waals surface area contributed by atoms with Crippen LogP contribution in [0.5, 0.6) is 0 Å². The lowest BCUT2D eigenvalue weighted by atomic mass is 9.92. The molecule has 0 bridgehead atoms. The number of carbonyl (C=O) groups excluding carboxylic acids is 1. The van der Waals surface area contributed by atoms with Gasteiger partial charge in [-0.15, -0.1) is 0 Å². The predicted octanol–water partition coefficient (Wildman–Crippen LogP) is 3.52. The highest BCUT2D eigenvalue weighted by atomic mass is 16.4. The second-order valence-electron chi connectivity index (χ2n) is 5.45. The van der Waals surface area contributed by atoms with Crippen molar-refractivity contribution in [2.75, 3.05) is 0 Å².